The molecule has 21 heavy (non-hydrogen) atoms. The second-order valence-electron chi connectivity index (χ2n) is 4.88. The highest BCUT2D eigenvalue weighted by molar-refractivity contribution is 6.35. The van der Waals surface area contributed by atoms with Gasteiger partial charge >= 0.3 is 0 Å². The number of aliphatic hydroxyl groups is 2. The number of ether oxygens (including phenoxy) is 1. The predicted octanol–water partition coefficient (Wildman–Crippen LogP) is 2.88. The highest BCUT2D eigenvalue weighted by atomic mass is 35.5. The summed E-state index contributed by atoms with van der Waals surface area (Å²) in [6, 6.07) is 4.99. The highest BCUT2D eigenvalue weighted by Gasteiger charge is 2.07. The molecule has 0 radical (unpaired) electrons. The van der Waals surface area contributed by atoms with Crippen molar-refractivity contribution in [1.29, 1.82) is 0 Å². The molecule has 120 valence electrons. The number of rotatable bonds is 11. The zero-order chi connectivity index (χ0) is 15.5. The summed E-state index contributed by atoms with van der Waals surface area (Å²) >= 11 is 11.8. The summed E-state index contributed by atoms with van der Waals surface area (Å²) in [5.74, 6) is 0.518. The molecule has 0 aromatic heterocycles. The number of unbranched alkanes of at least 4 members (excludes halogenated alkanes) is 3. The van der Waals surface area contributed by atoms with Crippen LogP contribution in [0, 0.1) is 0 Å². The average molecular weight is 336 g/mol. The fourth-order valence-corrected chi connectivity index (χ4v) is 2.28. The number of hydrogen-bond donors (Lipinski definition) is 3. The van der Waals surface area contributed by atoms with E-state index in [1.54, 1.807) is 18.2 Å². The molecular weight excluding hydrogens is 313 g/mol. The first kappa shape index (κ1) is 18.5. The molecule has 1 unspecified atom stereocenters. The molecule has 1 atom stereocenters. The Hall–Kier alpha value is -0.520. The maximum atomic E-state index is 9.81. The van der Waals surface area contributed by atoms with Crippen LogP contribution in [0.25, 0.3) is 0 Å². The number of aliphatic hydroxyl groups excluding tert-OH is 2. The molecule has 0 saturated heterocycles. The van der Waals surface area contributed by atoms with Gasteiger partial charge in [-0.25, -0.2) is 0 Å². The van der Waals surface area contributed by atoms with Crippen molar-refractivity contribution in [3.8, 4) is 5.75 Å². The van der Waals surface area contributed by atoms with E-state index < -0.39 is 6.10 Å². The summed E-state index contributed by atoms with van der Waals surface area (Å²) in [6.07, 6.45) is 3.43. The Bertz CT molecular complexity index is 405. The molecule has 1 aromatic rings. The van der Waals surface area contributed by atoms with Gasteiger partial charge < -0.3 is 20.3 Å². The molecular formula is C15H23Cl2NO3. The van der Waals surface area contributed by atoms with Gasteiger partial charge in [0.05, 0.1) is 5.02 Å². The van der Waals surface area contributed by atoms with Crippen LogP contribution in [0.1, 0.15) is 25.7 Å². The van der Waals surface area contributed by atoms with Gasteiger partial charge in [0.25, 0.3) is 0 Å². The summed E-state index contributed by atoms with van der Waals surface area (Å²) in [6.45, 7) is 1.77. The monoisotopic (exact) mass is 335 g/mol. The van der Waals surface area contributed by atoms with Crippen LogP contribution in [0.3, 0.4) is 0 Å². The summed E-state index contributed by atoms with van der Waals surface area (Å²) in [4.78, 5) is 0. The largest absolute Gasteiger partial charge is 0.489 e. The van der Waals surface area contributed by atoms with Gasteiger partial charge in [-0.1, -0.05) is 36.0 Å². The zero-order valence-electron chi connectivity index (χ0n) is 12.0. The maximum Gasteiger partial charge on any atom is 0.138 e. The minimum absolute atomic E-state index is 0.179. The van der Waals surface area contributed by atoms with Crippen molar-refractivity contribution in [2.24, 2.45) is 0 Å². The first-order chi connectivity index (χ1) is 10.1. The number of nitrogens with one attached hydrogen (secondary N) is 1. The summed E-state index contributed by atoms with van der Waals surface area (Å²) in [5.41, 5.74) is 0. The smallest absolute Gasteiger partial charge is 0.138 e. The van der Waals surface area contributed by atoms with E-state index in [4.69, 9.17) is 33.0 Å². The lowest BCUT2D eigenvalue weighted by Crippen LogP contribution is -2.32. The van der Waals surface area contributed by atoms with Crippen LogP contribution in [-0.2, 0) is 0 Å². The maximum absolute atomic E-state index is 9.81. The van der Waals surface area contributed by atoms with E-state index in [9.17, 15) is 5.11 Å². The van der Waals surface area contributed by atoms with Crippen molar-refractivity contribution in [2.75, 3.05) is 26.3 Å². The molecule has 4 nitrogen and oxygen atoms in total. The van der Waals surface area contributed by atoms with Crippen molar-refractivity contribution >= 4 is 23.2 Å². The molecule has 3 N–H and O–H groups in total. The second kappa shape index (κ2) is 11.1. The first-order valence-corrected chi connectivity index (χ1v) is 7.96. The lowest BCUT2D eigenvalue weighted by molar-refractivity contribution is 0.106. The Morgan fingerprint density at radius 2 is 1.90 bits per heavy atom. The Morgan fingerprint density at radius 1 is 1.14 bits per heavy atom. The van der Waals surface area contributed by atoms with Crippen LogP contribution < -0.4 is 10.1 Å². The molecule has 0 aliphatic carbocycles. The summed E-state index contributed by atoms with van der Waals surface area (Å²) in [5, 5.41) is 22.6. The predicted molar refractivity (Wildman–Crippen MR) is 86.4 cm³/mol. The van der Waals surface area contributed by atoms with Gasteiger partial charge in [0.15, 0.2) is 0 Å². The third-order valence-electron chi connectivity index (χ3n) is 2.97. The molecule has 0 aliphatic heterocycles. The van der Waals surface area contributed by atoms with Crippen molar-refractivity contribution in [1.82, 2.24) is 5.32 Å². The molecule has 0 aliphatic rings. The quantitative estimate of drug-likeness (QED) is 0.544. The SMILES string of the molecule is OCCCCCCNCC(O)COc1ccc(Cl)cc1Cl. The highest BCUT2D eigenvalue weighted by Crippen LogP contribution is 2.27. The minimum atomic E-state index is -0.589. The molecule has 0 fully saturated rings. The number of benzene rings is 1. The molecule has 1 rings (SSSR count). The standard InChI is InChI=1S/C15H23Cl2NO3/c16-12-5-6-15(14(17)9-12)21-11-13(20)10-18-7-3-1-2-4-8-19/h5-6,9,13,18-20H,1-4,7-8,10-11H2. The van der Waals surface area contributed by atoms with Crippen molar-refractivity contribution < 1.29 is 14.9 Å². The third kappa shape index (κ3) is 8.49. The second-order valence-corrected chi connectivity index (χ2v) is 5.73. The average Bonchev–Trinajstić information content (AvgIpc) is 2.45. The lowest BCUT2D eigenvalue weighted by atomic mass is 10.2. The van der Waals surface area contributed by atoms with Gasteiger partial charge in [-0.2, -0.15) is 0 Å². The number of halogens is 2. The van der Waals surface area contributed by atoms with E-state index in [1.165, 1.54) is 0 Å². The molecule has 0 heterocycles. The van der Waals surface area contributed by atoms with Crippen LogP contribution >= 0.6 is 23.2 Å². The summed E-state index contributed by atoms with van der Waals surface area (Å²) in [7, 11) is 0. The van der Waals surface area contributed by atoms with E-state index in [0.29, 0.717) is 22.3 Å². The Morgan fingerprint density at radius 3 is 2.62 bits per heavy atom. The zero-order valence-corrected chi connectivity index (χ0v) is 13.5. The molecule has 0 spiro atoms. The van der Waals surface area contributed by atoms with Crippen LogP contribution in [0.5, 0.6) is 5.75 Å². The first-order valence-electron chi connectivity index (χ1n) is 7.21. The number of hydrogen-bond acceptors (Lipinski definition) is 4. The molecule has 6 heteroatoms. The van der Waals surface area contributed by atoms with Gasteiger partial charge in [0, 0.05) is 18.2 Å². The van der Waals surface area contributed by atoms with E-state index in [1.807, 2.05) is 0 Å². The lowest BCUT2D eigenvalue weighted by Gasteiger charge is -2.14. The van der Waals surface area contributed by atoms with Crippen molar-refractivity contribution in [3.05, 3.63) is 28.2 Å². The van der Waals surface area contributed by atoms with E-state index in [0.717, 1.165) is 32.2 Å². The van der Waals surface area contributed by atoms with E-state index in [2.05, 4.69) is 5.32 Å². The minimum Gasteiger partial charge on any atom is -0.489 e. The van der Waals surface area contributed by atoms with Crippen molar-refractivity contribution in [2.45, 2.75) is 31.8 Å². The van der Waals surface area contributed by atoms with Crippen LogP contribution in [-0.4, -0.2) is 42.6 Å². The van der Waals surface area contributed by atoms with Gasteiger partial charge in [-0.3, -0.25) is 0 Å². The van der Waals surface area contributed by atoms with Gasteiger partial charge in [-0.15, -0.1) is 0 Å². The normalized spacial score (nSPS) is 12.4. The summed E-state index contributed by atoms with van der Waals surface area (Å²) < 4.78 is 5.46. The third-order valence-corrected chi connectivity index (χ3v) is 3.50. The fourth-order valence-electron chi connectivity index (χ4n) is 1.82. The Kier molecular flexibility index (Phi) is 9.79. The van der Waals surface area contributed by atoms with Crippen LogP contribution in [0.15, 0.2) is 18.2 Å². The molecule has 0 saturated carbocycles. The van der Waals surface area contributed by atoms with Crippen LogP contribution in [0.4, 0.5) is 0 Å². The molecule has 1 aromatic carbocycles. The Labute approximate surface area is 136 Å². The van der Waals surface area contributed by atoms with Crippen LogP contribution in [0.2, 0.25) is 10.0 Å². The molecule has 0 bridgehead atoms. The van der Waals surface area contributed by atoms with E-state index in [-0.39, 0.29) is 13.2 Å². The van der Waals surface area contributed by atoms with Gasteiger partial charge in [-0.05, 0) is 37.6 Å². The topological polar surface area (TPSA) is 61.7 Å². The van der Waals surface area contributed by atoms with E-state index >= 15 is 0 Å². The van der Waals surface area contributed by atoms with Crippen molar-refractivity contribution in [3.63, 3.8) is 0 Å². The molecule has 0 amide bonds. The van der Waals surface area contributed by atoms with Gasteiger partial charge in [0.2, 0.25) is 0 Å². The fraction of sp³-hybridized carbons (Fsp3) is 0.600. The van der Waals surface area contributed by atoms with Gasteiger partial charge in [0.1, 0.15) is 18.5 Å². The Balaban J connectivity index is 2.09.